The number of nitrogens with zero attached hydrogens (tertiary/aromatic N) is 2. The molecule has 1 atom stereocenters. The largest absolute Gasteiger partial charge is 0.379 e. The first-order valence-electron chi connectivity index (χ1n) is 9.60. The second-order valence-corrected chi connectivity index (χ2v) is 9.24. The Hall–Kier alpha value is -2.16. The Kier molecular flexibility index (Phi) is 5.27. The van der Waals surface area contributed by atoms with Gasteiger partial charge < -0.3 is 14.6 Å². The van der Waals surface area contributed by atoms with Crippen molar-refractivity contribution in [2.24, 2.45) is 7.05 Å². The Labute approximate surface area is 165 Å². The Bertz CT molecular complexity index is 977. The van der Waals surface area contributed by atoms with Crippen LogP contribution in [-0.2, 0) is 28.2 Å². The molecule has 4 rings (SSSR count). The lowest BCUT2D eigenvalue weighted by atomic mass is 9.87. The molecule has 2 aromatic rings. The molecule has 0 spiro atoms. The maximum Gasteiger partial charge on any atom is 0.268 e. The molecule has 8 heteroatoms. The number of sulfonamides is 1. The van der Waals surface area contributed by atoms with Gasteiger partial charge in [-0.05, 0) is 36.5 Å². The summed E-state index contributed by atoms with van der Waals surface area (Å²) in [4.78, 5) is 13.0. The van der Waals surface area contributed by atoms with Gasteiger partial charge in [-0.25, -0.2) is 8.42 Å². The zero-order valence-corrected chi connectivity index (χ0v) is 16.7. The van der Waals surface area contributed by atoms with Crippen LogP contribution >= 0.6 is 0 Å². The third kappa shape index (κ3) is 3.59. The molecule has 28 heavy (non-hydrogen) atoms. The fourth-order valence-corrected chi connectivity index (χ4v) is 5.45. The highest BCUT2D eigenvalue weighted by atomic mass is 32.2. The zero-order valence-electron chi connectivity index (χ0n) is 15.9. The Morgan fingerprint density at radius 3 is 2.75 bits per heavy atom. The van der Waals surface area contributed by atoms with Crippen molar-refractivity contribution >= 4 is 15.9 Å². The summed E-state index contributed by atoms with van der Waals surface area (Å²) in [6, 6.07) is 9.57. The molecule has 1 fully saturated rings. The predicted molar refractivity (Wildman–Crippen MR) is 105 cm³/mol. The SMILES string of the molecule is Cn1cc(S(=O)(=O)N2CCOCC2)cc1C(=O)N[C@H]1CCCc2ccccc21. The number of morpholine rings is 1. The number of ether oxygens (including phenoxy) is 1. The Morgan fingerprint density at radius 2 is 1.96 bits per heavy atom. The molecule has 1 aliphatic carbocycles. The monoisotopic (exact) mass is 403 g/mol. The number of hydrogen-bond acceptors (Lipinski definition) is 4. The summed E-state index contributed by atoms with van der Waals surface area (Å²) in [5.41, 5.74) is 2.76. The van der Waals surface area contributed by atoms with Crippen LogP contribution in [0.5, 0.6) is 0 Å². The van der Waals surface area contributed by atoms with E-state index in [9.17, 15) is 13.2 Å². The second kappa shape index (κ2) is 7.69. The predicted octanol–water partition coefficient (Wildman–Crippen LogP) is 1.85. The number of aryl methyl sites for hydroxylation is 2. The van der Waals surface area contributed by atoms with Gasteiger partial charge in [-0.1, -0.05) is 24.3 Å². The normalized spacial score (nSPS) is 20.5. The summed E-state index contributed by atoms with van der Waals surface area (Å²) in [7, 11) is -1.93. The lowest BCUT2D eigenvalue weighted by Gasteiger charge is -2.26. The number of carbonyl (C=O) groups excluding carboxylic acids is 1. The molecule has 1 aromatic carbocycles. The minimum atomic E-state index is -3.63. The molecule has 1 aromatic heterocycles. The summed E-state index contributed by atoms with van der Waals surface area (Å²) in [6.45, 7) is 1.44. The number of carbonyl (C=O) groups is 1. The van der Waals surface area contributed by atoms with Crippen molar-refractivity contribution < 1.29 is 17.9 Å². The first kappa shape index (κ1) is 19.2. The fraction of sp³-hybridized carbons (Fsp3) is 0.450. The summed E-state index contributed by atoms with van der Waals surface area (Å²) in [6.07, 6.45) is 4.43. The van der Waals surface area contributed by atoms with Crippen LogP contribution in [0.1, 0.15) is 40.5 Å². The van der Waals surface area contributed by atoms with Gasteiger partial charge in [-0.15, -0.1) is 0 Å². The van der Waals surface area contributed by atoms with Gasteiger partial charge in [0.15, 0.2) is 0 Å². The average Bonchev–Trinajstić information content (AvgIpc) is 3.11. The number of benzene rings is 1. The Balaban J connectivity index is 1.55. The van der Waals surface area contributed by atoms with Gasteiger partial charge in [0.1, 0.15) is 10.6 Å². The van der Waals surface area contributed by atoms with E-state index in [4.69, 9.17) is 4.74 Å². The molecular formula is C20H25N3O4S. The van der Waals surface area contributed by atoms with Crippen molar-refractivity contribution in [1.29, 1.82) is 0 Å². The van der Waals surface area contributed by atoms with E-state index >= 15 is 0 Å². The molecule has 0 bridgehead atoms. The first-order chi connectivity index (χ1) is 13.5. The van der Waals surface area contributed by atoms with Gasteiger partial charge in [0.25, 0.3) is 5.91 Å². The van der Waals surface area contributed by atoms with Gasteiger partial charge in [-0.2, -0.15) is 4.31 Å². The van der Waals surface area contributed by atoms with Crippen molar-refractivity contribution in [3.8, 4) is 0 Å². The number of nitrogens with one attached hydrogen (secondary N) is 1. The third-order valence-electron chi connectivity index (χ3n) is 5.50. The van der Waals surface area contributed by atoms with Crippen LogP contribution < -0.4 is 5.32 Å². The molecule has 0 saturated carbocycles. The van der Waals surface area contributed by atoms with Gasteiger partial charge in [-0.3, -0.25) is 4.79 Å². The van der Waals surface area contributed by atoms with Crippen LogP contribution in [0.15, 0.2) is 41.4 Å². The molecule has 7 nitrogen and oxygen atoms in total. The van der Waals surface area contributed by atoms with Crippen molar-refractivity contribution in [1.82, 2.24) is 14.2 Å². The summed E-state index contributed by atoms with van der Waals surface area (Å²) >= 11 is 0. The van der Waals surface area contributed by atoms with E-state index in [0.29, 0.717) is 32.0 Å². The van der Waals surface area contributed by atoms with Crippen LogP contribution in [0.2, 0.25) is 0 Å². The zero-order chi connectivity index (χ0) is 19.7. The van der Waals surface area contributed by atoms with Crippen molar-refractivity contribution in [3.05, 3.63) is 53.3 Å². The third-order valence-corrected chi connectivity index (χ3v) is 7.36. The van der Waals surface area contributed by atoms with E-state index in [2.05, 4.69) is 17.4 Å². The molecule has 1 saturated heterocycles. The van der Waals surface area contributed by atoms with Crippen molar-refractivity contribution in [2.45, 2.75) is 30.2 Å². The number of fused-ring (bicyclic) bond motifs is 1. The minimum absolute atomic E-state index is 0.0494. The van der Waals surface area contributed by atoms with E-state index < -0.39 is 10.0 Å². The highest BCUT2D eigenvalue weighted by molar-refractivity contribution is 7.89. The van der Waals surface area contributed by atoms with Crippen LogP contribution in [0.3, 0.4) is 0 Å². The molecule has 2 heterocycles. The molecule has 2 aliphatic rings. The van der Waals surface area contributed by atoms with Crippen LogP contribution in [0, 0.1) is 0 Å². The summed E-state index contributed by atoms with van der Waals surface area (Å²) in [5, 5.41) is 3.09. The molecule has 1 amide bonds. The molecule has 0 radical (unpaired) electrons. The van der Waals surface area contributed by atoms with Crippen LogP contribution in [0.4, 0.5) is 0 Å². The lowest BCUT2D eigenvalue weighted by molar-refractivity contribution is 0.0730. The van der Waals surface area contributed by atoms with Crippen LogP contribution in [0.25, 0.3) is 0 Å². The maximum atomic E-state index is 12.9. The summed E-state index contributed by atoms with van der Waals surface area (Å²) < 4.78 is 33.9. The molecule has 1 aliphatic heterocycles. The van der Waals surface area contributed by atoms with E-state index in [-0.39, 0.29) is 16.8 Å². The first-order valence-corrected chi connectivity index (χ1v) is 11.0. The van der Waals surface area contributed by atoms with E-state index in [1.807, 2.05) is 12.1 Å². The molecular weight excluding hydrogens is 378 g/mol. The highest BCUT2D eigenvalue weighted by Crippen LogP contribution is 2.30. The van der Waals surface area contributed by atoms with E-state index in [1.54, 1.807) is 11.6 Å². The second-order valence-electron chi connectivity index (χ2n) is 7.31. The molecule has 150 valence electrons. The van der Waals surface area contributed by atoms with Gasteiger partial charge in [0, 0.05) is 26.3 Å². The number of rotatable bonds is 4. The number of aromatic nitrogens is 1. The standard InChI is InChI=1S/C20H25N3O4S/c1-22-14-16(28(25,26)23-9-11-27-12-10-23)13-19(22)20(24)21-18-8-4-6-15-5-2-3-7-17(15)18/h2-3,5,7,13-14,18H,4,6,8-12H2,1H3,(H,21,24)/t18-/m0/s1. The minimum Gasteiger partial charge on any atom is -0.379 e. The van der Waals surface area contributed by atoms with Gasteiger partial charge >= 0.3 is 0 Å². The van der Waals surface area contributed by atoms with Gasteiger partial charge in [0.2, 0.25) is 10.0 Å². The van der Waals surface area contributed by atoms with Crippen LogP contribution in [-0.4, -0.2) is 49.5 Å². The highest BCUT2D eigenvalue weighted by Gasteiger charge is 2.29. The smallest absolute Gasteiger partial charge is 0.268 e. The van der Waals surface area contributed by atoms with E-state index in [0.717, 1.165) is 24.8 Å². The maximum absolute atomic E-state index is 12.9. The molecule has 1 N–H and O–H groups in total. The number of amides is 1. The quantitative estimate of drug-likeness (QED) is 0.845. The van der Waals surface area contributed by atoms with Gasteiger partial charge in [0.05, 0.1) is 19.3 Å². The number of hydrogen-bond donors (Lipinski definition) is 1. The summed E-state index contributed by atoms with van der Waals surface area (Å²) in [5.74, 6) is -0.257. The fourth-order valence-electron chi connectivity index (χ4n) is 3.97. The topological polar surface area (TPSA) is 80.6 Å². The van der Waals surface area contributed by atoms with E-state index in [1.165, 1.54) is 22.1 Å². The van der Waals surface area contributed by atoms with Crippen molar-refractivity contribution in [3.63, 3.8) is 0 Å². The molecule has 0 unspecified atom stereocenters. The Morgan fingerprint density at radius 1 is 1.21 bits per heavy atom. The lowest BCUT2D eigenvalue weighted by Crippen LogP contribution is -2.40. The average molecular weight is 404 g/mol. The van der Waals surface area contributed by atoms with Crippen molar-refractivity contribution in [2.75, 3.05) is 26.3 Å².